The first kappa shape index (κ1) is 16.1. The van der Waals surface area contributed by atoms with Crippen LogP contribution in [0.5, 0.6) is 0 Å². The smallest absolute Gasteiger partial charge is 0.283 e. The van der Waals surface area contributed by atoms with E-state index in [-0.39, 0.29) is 10.6 Å². The average Bonchev–Trinajstić information content (AvgIpc) is 2.35. The highest BCUT2D eigenvalue weighted by Gasteiger charge is 2.23. The number of nitro groups is 1. The normalized spacial score (nSPS) is 14.4. The van der Waals surface area contributed by atoms with Crippen LogP contribution >= 0.6 is 15.9 Å². The Balaban J connectivity index is 3.03. The van der Waals surface area contributed by atoms with Gasteiger partial charge in [0.2, 0.25) is 0 Å². The Morgan fingerprint density at radius 1 is 1.37 bits per heavy atom. The predicted molar refractivity (Wildman–Crippen MR) is 81.4 cm³/mol. The van der Waals surface area contributed by atoms with E-state index in [0.29, 0.717) is 22.4 Å². The van der Waals surface area contributed by atoms with Gasteiger partial charge in [0.25, 0.3) is 5.69 Å². The molecular weight excluding hydrogens is 308 g/mol. The lowest BCUT2D eigenvalue weighted by atomic mass is 9.84. The Morgan fingerprint density at radius 2 is 2.00 bits per heavy atom. The number of hydrogen-bond acceptors (Lipinski definition) is 3. The molecule has 0 spiro atoms. The van der Waals surface area contributed by atoms with Crippen molar-refractivity contribution in [1.29, 1.82) is 0 Å². The first-order valence-corrected chi connectivity index (χ1v) is 7.26. The molecule has 0 saturated heterocycles. The van der Waals surface area contributed by atoms with E-state index in [2.05, 4.69) is 42.0 Å². The van der Waals surface area contributed by atoms with E-state index in [4.69, 9.17) is 0 Å². The van der Waals surface area contributed by atoms with Crippen molar-refractivity contribution in [2.24, 2.45) is 11.8 Å². The maximum Gasteiger partial charge on any atom is 0.283 e. The van der Waals surface area contributed by atoms with Crippen molar-refractivity contribution in [2.45, 2.75) is 33.2 Å². The minimum atomic E-state index is -0.348. The largest absolute Gasteiger partial charge is 0.317 e. The third-order valence-corrected chi connectivity index (χ3v) is 4.58. The molecule has 0 fully saturated rings. The van der Waals surface area contributed by atoms with Crippen molar-refractivity contribution in [3.63, 3.8) is 0 Å². The van der Waals surface area contributed by atoms with Crippen LogP contribution in [-0.2, 0) is 6.42 Å². The Morgan fingerprint density at radius 3 is 2.47 bits per heavy atom. The molecule has 1 aromatic carbocycles. The predicted octanol–water partition coefficient (Wildman–Crippen LogP) is 3.78. The van der Waals surface area contributed by atoms with Crippen LogP contribution in [0, 0.1) is 22.0 Å². The van der Waals surface area contributed by atoms with E-state index >= 15 is 0 Å². The number of halogens is 1. The fourth-order valence-electron chi connectivity index (χ4n) is 2.32. The SMILES string of the molecule is CNC(C)C(Cc1cccc([N+](=O)[O-])c1Br)C(C)C. The molecule has 0 aromatic heterocycles. The monoisotopic (exact) mass is 328 g/mol. The summed E-state index contributed by atoms with van der Waals surface area (Å²) in [4.78, 5) is 10.6. The van der Waals surface area contributed by atoms with Crippen molar-refractivity contribution < 1.29 is 4.92 Å². The molecule has 1 rings (SSSR count). The fraction of sp³-hybridized carbons (Fsp3) is 0.571. The molecule has 0 aliphatic heterocycles. The van der Waals surface area contributed by atoms with E-state index in [1.165, 1.54) is 6.07 Å². The van der Waals surface area contributed by atoms with Crippen molar-refractivity contribution in [3.8, 4) is 0 Å². The lowest BCUT2D eigenvalue weighted by Gasteiger charge is -2.27. The third kappa shape index (κ3) is 4.01. The van der Waals surface area contributed by atoms with Gasteiger partial charge in [-0.1, -0.05) is 26.0 Å². The summed E-state index contributed by atoms with van der Waals surface area (Å²) >= 11 is 3.37. The van der Waals surface area contributed by atoms with Crippen LogP contribution in [0.3, 0.4) is 0 Å². The van der Waals surface area contributed by atoms with Crippen LogP contribution < -0.4 is 5.32 Å². The van der Waals surface area contributed by atoms with Crippen LogP contribution in [-0.4, -0.2) is 18.0 Å². The first-order valence-electron chi connectivity index (χ1n) is 6.47. The van der Waals surface area contributed by atoms with Gasteiger partial charge in [0.1, 0.15) is 0 Å². The van der Waals surface area contributed by atoms with Gasteiger partial charge in [-0.05, 0) is 53.7 Å². The second-order valence-electron chi connectivity index (χ2n) is 5.20. The maximum absolute atomic E-state index is 10.9. The summed E-state index contributed by atoms with van der Waals surface area (Å²) < 4.78 is 0.606. The van der Waals surface area contributed by atoms with Gasteiger partial charge in [0, 0.05) is 12.1 Å². The zero-order chi connectivity index (χ0) is 14.6. The Kier molecular flexibility index (Phi) is 5.94. The first-order chi connectivity index (χ1) is 8.88. The molecule has 0 saturated carbocycles. The molecule has 0 radical (unpaired) electrons. The van der Waals surface area contributed by atoms with Crippen LogP contribution in [0.1, 0.15) is 26.3 Å². The number of hydrogen-bond donors (Lipinski definition) is 1. The van der Waals surface area contributed by atoms with Gasteiger partial charge in [0.15, 0.2) is 0 Å². The number of nitrogens with zero attached hydrogens (tertiary/aromatic N) is 1. The van der Waals surface area contributed by atoms with Gasteiger partial charge in [-0.2, -0.15) is 0 Å². The van der Waals surface area contributed by atoms with Gasteiger partial charge in [-0.25, -0.2) is 0 Å². The van der Waals surface area contributed by atoms with Crippen molar-refractivity contribution in [1.82, 2.24) is 5.32 Å². The van der Waals surface area contributed by atoms with Crippen molar-refractivity contribution in [2.75, 3.05) is 7.05 Å². The average molecular weight is 329 g/mol. The highest BCUT2D eigenvalue weighted by molar-refractivity contribution is 9.10. The molecule has 4 nitrogen and oxygen atoms in total. The zero-order valence-electron chi connectivity index (χ0n) is 11.8. The Hall–Kier alpha value is -0.940. The van der Waals surface area contributed by atoms with E-state index in [1.807, 2.05) is 13.1 Å². The van der Waals surface area contributed by atoms with Gasteiger partial charge >= 0.3 is 0 Å². The maximum atomic E-state index is 10.9. The number of benzene rings is 1. The molecule has 19 heavy (non-hydrogen) atoms. The van der Waals surface area contributed by atoms with Crippen molar-refractivity contribution >= 4 is 21.6 Å². The summed E-state index contributed by atoms with van der Waals surface area (Å²) in [5, 5.41) is 14.2. The molecule has 0 aliphatic carbocycles. The number of nitro benzene ring substituents is 1. The topological polar surface area (TPSA) is 55.2 Å². The van der Waals surface area contributed by atoms with Crippen LogP contribution in [0.25, 0.3) is 0 Å². The quantitative estimate of drug-likeness (QED) is 0.638. The van der Waals surface area contributed by atoms with Gasteiger partial charge in [0.05, 0.1) is 9.40 Å². The molecule has 1 aromatic rings. The molecular formula is C14H21BrN2O2. The minimum Gasteiger partial charge on any atom is -0.317 e. The Labute approximate surface area is 122 Å². The lowest BCUT2D eigenvalue weighted by Crippen LogP contribution is -2.35. The molecule has 2 atom stereocenters. The highest BCUT2D eigenvalue weighted by Crippen LogP contribution is 2.31. The van der Waals surface area contributed by atoms with Gasteiger partial charge in [-0.15, -0.1) is 0 Å². The molecule has 0 amide bonds. The summed E-state index contributed by atoms with van der Waals surface area (Å²) in [7, 11) is 1.95. The van der Waals surface area contributed by atoms with Crippen molar-refractivity contribution in [3.05, 3.63) is 38.3 Å². The molecule has 0 heterocycles. The molecule has 1 N–H and O–H groups in total. The number of rotatable bonds is 6. The summed E-state index contributed by atoms with van der Waals surface area (Å²) in [6, 6.07) is 5.60. The highest BCUT2D eigenvalue weighted by atomic mass is 79.9. The third-order valence-electron chi connectivity index (χ3n) is 3.66. The summed E-state index contributed by atoms with van der Waals surface area (Å²) in [5.41, 5.74) is 1.13. The van der Waals surface area contributed by atoms with E-state index in [1.54, 1.807) is 6.07 Å². The van der Waals surface area contributed by atoms with Crippen LogP contribution in [0.4, 0.5) is 5.69 Å². The summed E-state index contributed by atoms with van der Waals surface area (Å²) in [6.45, 7) is 6.52. The fourth-order valence-corrected chi connectivity index (χ4v) is 2.89. The van der Waals surface area contributed by atoms with E-state index in [0.717, 1.165) is 12.0 Å². The lowest BCUT2D eigenvalue weighted by molar-refractivity contribution is -0.385. The van der Waals surface area contributed by atoms with Gasteiger partial charge in [-0.3, -0.25) is 10.1 Å². The molecule has 2 unspecified atom stereocenters. The van der Waals surface area contributed by atoms with E-state index in [9.17, 15) is 10.1 Å². The minimum absolute atomic E-state index is 0.136. The van der Waals surface area contributed by atoms with Crippen LogP contribution in [0.15, 0.2) is 22.7 Å². The Bertz CT molecular complexity index is 449. The van der Waals surface area contributed by atoms with Gasteiger partial charge < -0.3 is 5.32 Å². The summed E-state index contributed by atoms with van der Waals surface area (Å²) in [6.07, 6.45) is 0.821. The standard InChI is InChI=1S/C14H21BrN2O2/c1-9(2)12(10(3)16-4)8-11-6-5-7-13(14(11)15)17(18)19/h5-7,9-10,12,16H,8H2,1-4H3. The molecule has 5 heteroatoms. The van der Waals surface area contributed by atoms with E-state index < -0.39 is 0 Å². The zero-order valence-corrected chi connectivity index (χ0v) is 13.4. The molecule has 106 valence electrons. The van der Waals surface area contributed by atoms with Crippen LogP contribution in [0.2, 0.25) is 0 Å². The molecule has 0 bridgehead atoms. The summed E-state index contributed by atoms with van der Waals surface area (Å²) in [5.74, 6) is 0.942. The second-order valence-corrected chi connectivity index (χ2v) is 5.99. The molecule has 0 aliphatic rings. The number of nitrogens with one attached hydrogen (secondary N) is 1. The second kappa shape index (κ2) is 7.01.